The van der Waals surface area contributed by atoms with Gasteiger partial charge in [-0.1, -0.05) is 0 Å². The lowest BCUT2D eigenvalue weighted by Gasteiger charge is -2.01. The van der Waals surface area contributed by atoms with E-state index in [0.29, 0.717) is 0 Å². The van der Waals surface area contributed by atoms with Gasteiger partial charge in [0.25, 0.3) is 0 Å². The summed E-state index contributed by atoms with van der Waals surface area (Å²) in [5.74, 6) is -3.16. The Kier molecular flexibility index (Phi) is 9.03. The Hall–Kier alpha value is -1.67. The molecule has 0 aliphatic rings. The maximum atomic E-state index is 9.99. The molecule has 16 heavy (non-hydrogen) atoms. The lowest BCUT2D eigenvalue weighted by atomic mass is 10.2. The maximum absolute atomic E-state index is 9.99. The van der Waals surface area contributed by atoms with Crippen LogP contribution in [0.3, 0.4) is 0 Å². The van der Waals surface area contributed by atoms with Crippen molar-refractivity contribution in [2.45, 2.75) is 31.8 Å². The number of hydrogen-bond donors (Lipinski definition) is 5. The SMILES string of the molecule is C[C@@H](N)C(=O)O.N[C@@H](CCC(=O)O)C(=O)O. The van der Waals surface area contributed by atoms with E-state index in [1.54, 1.807) is 0 Å². The molecule has 0 radical (unpaired) electrons. The van der Waals surface area contributed by atoms with Gasteiger partial charge < -0.3 is 26.8 Å². The van der Waals surface area contributed by atoms with Crippen LogP contribution in [0.1, 0.15) is 19.8 Å². The summed E-state index contributed by atoms with van der Waals surface area (Å²) < 4.78 is 0. The minimum atomic E-state index is -1.17. The Morgan fingerprint density at radius 3 is 1.62 bits per heavy atom. The molecule has 0 bridgehead atoms. The molecule has 0 unspecified atom stereocenters. The molecule has 0 amide bonds. The van der Waals surface area contributed by atoms with Crippen molar-refractivity contribution >= 4 is 17.9 Å². The van der Waals surface area contributed by atoms with Gasteiger partial charge in [0, 0.05) is 6.42 Å². The van der Waals surface area contributed by atoms with Gasteiger partial charge in [-0.05, 0) is 13.3 Å². The molecule has 0 rings (SSSR count). The lowest BCUT2D eigenvalue weighted by Crippen LogP contribution is -2.30. The van der Waals surface area contributed by atoms with Crippen molar-refractivity contribution in [3.05, 3.63) is 0 Å². The number of carbonyl (C=O) groups is 3. The molecule has 0 aliphatic heterocycles. The van der Waals surface area contributed by atoms with E-state index in [2.05, 4.69) is 0 Å². The third-order valence-electron chi connectivity index (χ3n) is 1.38. The number of carboxylic acids is 3. The first kappa shape index (κ1) is 16.7. The number of carboxylic acid groups (broad SMARTS) is 3. The third kappa shape index (κ3) is 12.3. The van der Waals surface area contributed by atoms with Crippen LogP contribution >= 0.6 is 0 Å². The zero-order chi connectivity index (χ0) is 13.3. The Bertz CT molecular complexity index is 253. The normalized spacial score (nSPS) is 12.9. The summed E-state index contributed by atoms with van der Waals surface area (Å²) in [6.45, 7) is 1.42. The number of hydrogen-bond acceptors (Lipinski definition) is 5. The summed E-state index contributed by atoms with van der Waals surface area (Å²) in [5.41, 5.74) is 9.84. The van der Waals surface area contributed by atoms with Crippen LogP contribution in [0.5, 0.6) is 0 Å². The van der Waals surface area contributed by atoms with E-state index in [1.165, 1.54) is 6.92 Å². The molecule has 0 aromatic heterocycles. The van der Waals surface area contributed by atoms with Crippen LogP contribution in [0.25, 0.3) is 0 Å². The molecule has 8 nitrogen and oxygen atoms in total. The topological polar surface area (TPSA) is 164 Å². The molecular formula is C8H16N2O6. The van der Waals surface area contributed by atoms with Crippen LogP contribution in [0.15, 0.2) is 0 Å². The number of aliphatic carboxylic acids is 3. The Morgan fingerprint density at radius 1 is 1.06 bits per heavy atom. The van der Waals surface area contributed by atoms with Gasteiger partial charge in [-0.15, -0.1) is 0 Å². The van der Waals surface area contributed by atoms with Crippen LogP contribution in [-0.4, -0.2) is 45.3 Å². The molecule has 0 aliphatic carbocycles. The predicted octanol–water partition coefficient (Wildman–Crippen LogP) is -1.32. The number of rotatable bonds is 5. The van der Waals surface area contributed by atoms with Crippen LogP contribution in [0.2, 0.25) is 0 Å². The largest absolute Gasteiger partial charge is 0.481 e. The molecule has 7 N–H and O–H groups in total. The minimum Gasteiger partial charge on any atom is -0.481 e. The van der Waals surface area contributed by atoms with Crippen molar-refractivity contribution < 1.29 is 29.7 Å². The highest BCUT2D eigenvalue weighted by molar-refractivity contribution is 5.74. The second-order valence-corrected chi connectivity index (χ2v) is 3.00. The lowest BCUT2D eigenvalue weighted by molar-refractivity contribution is -0.140. The second kappa shape index (κ2) is 8.62. The first-order valence-electron chi connectivity index (χ1n) is 4.37. The molecule has 8 heteroatoms. The summed E-state index contributed by atoms with van der Waals surface area (Å²) in [4.78, 5) is 29.4. The fourth-order valence-electron chi connectivity index (χ4n) is 0.402. The summed E-state index contributed by atoms with van der Waals surface area (Å²) in [6, 6.07) is -1.79. The Labute approximate surface area is 91.8 Å². The molecule has 94 valence electrons. The molecule has 0 fully saturated rings. The van der Waals surface area contributed by atoms with Crippen molar-refractivity contribution in [2.24, 2.45) is 11.5 Å². The standard InChI is InChI=1S/C5H9NO4.C3H7NO2/c6-3(5(9)10)1-2-4(7)8;1-2(4)3(5)6/h3H,1-2,6H2,(H,7,8)(H,9,10);2H,4H2,1H3,(H,5,6)/t3-;2-/m01/s1. The highest BCUT2D eigenvalue weighted by atomic mass is 16.4. The van der Waals surface area contributed by atoms with E-state index in [-0.39, 0.29) is 12.8 Å². The van der Waals surface area contributed by atoms with Crippen molar-refractivity contribution in [2.75, 3.05) is 0 Å². The van der Waals surface area contributed by atoms with E-state index in [0.717, 1.165) is 0 Å². The highest BCUT2D eigenvalue weighted by Gasteiger charge is 2.12. The molecule has 0 saturated heterocycles. The van der Waals surface area contributed by atoms with Gasteiger partial charge in [0.15, 0.2) is 0 Å². The van der Waals surface area contributed by atoms with Gasteiger partial charge in [-0.3, -0.25) is 14.4 Å². The quantitative estimate of drug-likeness (QED) is 0.392. The van der Waals surface area contributed by atoms with Crippen molar-refractivity contribution in [3.63, 3.8) is 0 Å². The van der Waals surface area contributed by atoms with Crippen LogP contribution in [-0.2, 0) is 14.4 Å². The van der Waals surface area contributed by atoms with E-state index in [9.17, 15) is 14.4 Å². The van der Waals surface area contributed by atoms with Crippen LogP contribution in [0.4, 0.5) is 0 Å². The van der Waals surface area contributed by atoms with Gasteiger partial charge in [0.1, 0.15) is 12.1 Å². The second-order valence-electron chi connectivity index (χ2n) is 3.00. The summed E-state index contributed by atoms with van der Waals surface area (Å²) in [6.07, 6.45) is -0.224. The highest BCUT2D eigenvalue weighted by Crippen LogP contribution is 1.93. The van der Waals surface area contributed by atoms with E-state index < -0.39 is 30.0 Å². The van der Waals surface area contributed by atoms with Gasteiger partial charge in [0.2, 0.25) is 0 Å². The van der Waals surface area contributed by atoms with E-state index >= 15 is 0 Å². The minimum absolute atomic E-state index is 0.0231. The smallest absolute Gasteiger partial charge is 0.320 e. The maximum Gasteiger partial charge on any atom is 0.320 e. The molecule has 0 saturated carbocycles. The third-order valence-corrected chi connectivity index (χ3v) is 1.38. The first-order chi connectivity index (χ1) is 7.18. The van der Waals surface area contributed by atoms with Crippen LogP contribution < -0.4 is 11.5 Å². The van der Waals surface area contributed by atoms with Gasteiger partial charge in [-0.2, -0.15) is 0 Å². The molecule has 0 aromatic rings. The van der Waals surface area contributed by atoms with Gasteiger partial charge in [0.05, 0.1) is 0 Å². The number of nitrogens with two attached hydrogens (primary N) is 2. The predicted molar refractivity (Wildman–Crippen MR) is 53.8 cm³/mol. The molecule has 2 atom stereocenters. The molecular weight excluding hydrogens is 220 g/mol. The Balaban J connectivity index is 0. The Morgan fingerprint density at radius 2 is 1.44 bits per heavy atom. The van der Waals surface area contributed by atoms with Crippen molar-refractivity contribution in [1.82, 2.24) is 0 Å². The molecule has 0 aromatic carbocycles. The zero-order valence-corrected chi connectivity index (χ0v) is 8.79. The summed E-state index contributed by atoms with van der Waals surface area (Å²) in [5, 5.41) is 24.1. The van der Waals surface area contributed by atoms with Crippen LogP contribution in [0, 0.1) is 0 Å². The van der Waals surface area contributed by atoms with E-state index in [1.807, 2.05) is 0 Å². The van der Waals surface area contributed by atoms with Gasteiger partial charge >= 0.3 is 17.9 Å². The summed E-state index contributed by atoms with van der Waals surface area (Å²) >= 11 is 0. The van der Waals surface area contributed by atoms with Crippen molar-refractivity contribution in [1.29, 1.82) is 0 Å². The summed E-state index contributed by atoms with van der Waals surface area (Å²) in [7, 11) is 0. The monoisotopic (exact) mass is 236 g/mol. The molecule has 0 heterocycles. The average molecular weight is 236 g/mol. The zero-order valence-electron chi connectivity index (χ0n) is 8.79. The average Bonchev–Trinajstić information content (AvgIpc) is 2.14. The fourth-order valence-corrected chi connectivity index (χ4v) is 0.402. The first-order valence-corrected chi connectivity index (χ1v) is 4.37. The van der Waals surface area contributed by atoms with E-state index in [4.69, 9.17) is 26.8 Å². The van der Waals surface area contributed by atoms with Crippen molar-refractivity contribution in [3.8, 4) is 0 Å². The molecule has 0 spiro atoms. The fraction of sp³-hybridized carbons (Fsp3) is 0.625. The van der Waals surface area contributed by atoms with Gasteiger partial charge in [-0.25, -0.2) is 0 Å².